The fraction of sp³-hybridized carbons (Fsp3) is 0.588. The van der Waals surface area contributed by atoms with Gasteiger partial charge >= 0.3 is 0 Å². The second-order valence-electron chi connectivity index (χ2n) is 6.34. The van der Waals surface area contributed by atoms with Crippen molar-refractivity contribution in [3.8, 4) is 11.5 Å². The number of benzene rings is 1. The number of nitrogens with one attached hydrogen (secondary N) is 1. The lowest BCUT2D eigenvalue weighted by atomic mass is 9.83. The maximum absolute atomic E-state index is 11.8. The SMILES string of the molecule is CCCC(C)(C)CCC(=O)NCCc1ccc(O)c(O)c1. The minimum atomic E-state index is -0.125. The third-order valence-electron chi connectivity index (χ3n) is 3.73. The molecular formula is C17H27NO3. The molecule has 1 rings (SSSR count). The average molecular weight is 293 g/mol. The van der Waals surface area contributed by atoms with Crippen molar-refractivity contribution in [3.63, 3.8) is 0 Å². The van der Waals surface area contributed by atoms with Crippen molar-refractivity contribution in [1.82, 2.24) is 5.32 Å². The van der Waals surface area contributed by atoms with E-state index < -0.39 is 0 Å². The summed E-state index contributed by atoms with van der Waals surface area (Å²) in [4.78, 5) is 11.8. The van der Waals surface area contributed by atoms with Crippen molar-refractivity contribution in [3.05, 3.63) is 23.8 Å². The van der Waals surface area contributed by atoms with Crippen LogP contribution in [0.5, 0.6) is 11.5 Å². The summed E-state index contributed by atoms with van der Waals surface area (Å²) in [5.41, 5.74) is 1.10. The molecule has 21 heavy (non-hydrogen) atoms. The quantitative estimate of drug-likeness (QED) is 0.644. The number of hydrogen-bond donors (Lipinski definition) is 3. The largest absolute Gasteiger partial charge is 0.504 e. The van der Waals surface area contributed by atoms with Gasteiger partial charge in [-0.05, 0) is 42.4 Å². The second kappa shape index (κ2) is 7.91. The molecule has 0 aliphatic heterocycles. The summed E-state index contributed by atoms with van der Waals surface area (Å²) in [5.74, 6) is -0.178. The lowest BCUT2D eigenvalue weighted by molar-refractivity contribution is -0.121. The molecule has 0 atom stereocenters. The van der Waals surface area contributed by atoms with E-state index in [1.165, 1.54) is 12.1 Å². The van der Waals surface area contributed by atoms with Gasteiger partial charge < -0.3 is 15.5 Å². The van der Waals surface area contributed by atoms with Gasteiger partial charge in [-0.25, -0.2) is 0 Å². The first-order valence-corrected chi connectivity index (χ1v) is 7.61. The van der Waals surface area contributed by atoms with Gasteiger partial charge in [0.1, 0.15) is 0 Å². The number of phenols is 2. The Bertz CT molecular complexity index is 469. The van der Waals surface area contributed by atoms with Gasteiger partial charge in [0, 0.05) is 13.0 Å². The number of phenolic OH excluding ortho intramolecular Hbond substituents is 2. The molecule has 0 saturated carbocycles. The number of rotatable bonds is 8. The molecule has 1 amide bonds. The molecule has 0 bridgehead atoms. The highest BCUT2D eigenvalue weighted by Crippen LogP contribution is 2.28. The number of hydrogen-bond acceptors (Lipinski definition) is 3. The van der Waals surface area contributed by atoms with Crippen LogP contribution in [0.2, 0.25) is 0 Å². The molecule has 0 spiro atoms. The zero-order valence-electron chi connectivity index (χ0n) is 13.3. The monoisotopic (exact) mass is 293 g/mol. The molecule has 0 aromatic heterocycles. The van der Waals surface area contributed by atoms with Crippen molar-refractivity contribution in [2.45, 2.75) is 52.9 Å². The zero-order chi connectivity index (χ0) is 15.9. The number of carbonyl (C=O) groups excluding carboxylic acids is 1. The summed E-state index contributed by atoms with van der Waals surface area (Å²) in [7, 11) is 0. The molecule has 4 nitrogen and oxygen atoms in total. The van der Waals surface area contributed by atoms with Crippen molar-refractivity contribution in [2.75, 3.05) is 6.54 Å². The van der Waals surface area contributed by atoms with E-state index in [1.807, 2.05) is 0 Å². The van der Waals surface area contributed by atoms with Gasteiger partial charge in [-0.1, -0.05) is 33.3 Å². The van der Waals surface area contributed by atoms with E-state index in [4.69, 9.17) is 0 Å². The third kappa shape index (κ3) is 6.52. The Hall–Kier alpha value is -1.71. The molecule has 118 valence electrons. The molecule has 0 fully saturated rings. The third-order valence-corrected chi connectivity index (χ3v) is 3.73. The summed E-state index contributed by atoms with van der Waals surface area (Å²) in [6.07, 6.45) is 4.35. The van der Waals surface area contributed by atoms with Crippen molar-refractivity contribution < 1.29 is 15.0 Å². The molecular weight excluding hydrogens is 266 g/mol. The van der Waals surface area contributed by atoms with Gasteiger partial charge in [0.2, 0.25) is 5.91 Å². The Morgan fingerprint density at radius 2 is 1.90 bits per heavy atom. The van der Waals surface area contributed by atoms with Crippen molar-refractivity contribution in [1.29, 1.82) is 0 Å². The van der Waals surface area contributed by atoms with Crippen LogP contribution in [0.25, 0.3) is 0 Å². The minimum Gasteiger partial charge on any atom is -0.504 e. The highest BCUT2D eigenvalue weighted by molar-refractivity contribution is 5.75. The van der Waals surface area contributed by atoms with Crippen LogP contribution < -0.4 is 5.32 Å². The van der Waals surface area contributed by atoms with Crippen LogP contribution in [0.3, 0.4) is 0 Å². The van der Waals surface area contributed by atoms with Crippen LogP contribution in [0, 0.1) is 5.41 Å². The normalized spacial score (nSPS) is 11.4. The highest BCUT2D eigenvalue weighted by atomic mass is 16.3. The molecule has 0 heterocycles. The minimum absolute atomic E-state index is 0.0715. The maximum atomic E-state index is 11.8. The van der Waals surface area contributed by atoms with E-state index in [0.717, 1.165) is 24.8 Å². The number of carbonyl (C=O) groups is 1. The number of amides is 1. The fourth-order valence-electron chi connectivity index (χ4n) is 2.41. The Morgan fingerprint density at radius 3 is 2.52 bits per heavy atom. The average Bonchev–Trinajstić information content (AvgIpc) is 2.41. The summed E-state index contributed by atoms with van der Waals surface area (Å²) in [6.45, 7) is 7.10. The van der Waals surface area contributed by atoms with E-state index in [-0.39, 0.29) is 22.8 Å². The van der Waals surface area contributed by atoms with E-state index in [0.29, 0.717) is 19.4 Å². The van der Waals surface area contributed by atoms with Crippen LogP contribution in [-0.2, 0) is 11.2 Å². The van der Waals surface area contributed by atoms with Crippen molar-refractivity contribution >= 4 is 5.91 Å². The number of aromatic hydroxyl groups is 2. The smallest absolute Gasteiger partial charge is 0.220 e. The van der Waals surface area contributed by atoms with Crippen LogP contribution in [-0.4, -0.2) is 22.7 Å². The van der Waals surface area contributed by atoms with Gasteiger partial charge in [-0.2, -0.15) is 0 Å². The molecule has 3 N–H and O–H groups in total. The van der Waals surface area contributed by atoms with Crippen LogP contribution in [0.15, 0.2) is 18.2 Å². The molecule has 1 aromatic carbocycles. The predicted octanol–water partition coefficient (Wildman–Crippen LogP) is 3.36. The Labute approximate surface area is 127 Å². The van der Waals surface area contributed by atoms with Crippen LogP contribution in [0.1, 0.15) is 52.0 Å². The second-order valence-corrected chi connectivity index (χ2v) is 6.34. The van der Waals surface area contributed by atoms with Gasteiger partial charge in [0.05, 0.1) is 0 Å². The molecule has 0 aliphatic carbocycles. The summed E-state index contributed by atoms with van der Waals surface area (Å²) in [5, 5.41) is 21.5. The first-order chi connectivity index (χ1) is 9.84. The lowest BCUT2D eigenvalue weighted by Gasteiger charge is -2.23. The van der Waals surface area contributed by atoms with E-state index in [1.54, 1.807) is 6.07 Å². The summed E-state index contributed by atoms with van der Waals surface area (Å²) in [6, 6.07) is 4.72. The lowest BCUT2D eigenvalue weighted by Crippen LogP contribution is -2.27. The maximum Gasteiger partial charge on any atom is 0.220 e. The molecule has 0 aliphatic rings. The standard InChI is InChI=1S/C17H27NO3/c1-4-9-17(2,3)10-7-16(21)18-11-8-13-5-6-14(19)15(20)12-13/h5-6,12,19-20H,4,7-11H2,1-3H3,(H,18,21). The van der Waals surface area contributed by atoms with Crippen LogP contribution >= 0.6 is 0 Å². The van der Waals surface area contributed by atoms with Gasteiger partial charge in [-0.3, -0.25) is 4.79 Å². The first-order valence-electron chi connectivity index (χ1n) is 7.61. The topological polar surface area (TPSA) is 69.6 Å². The summed E-state index contributed by atoms with van der Waals surface area (Å²) >= 11 is 0. The molecule has 0 saturated heterocycles. The van der Waals surface area contributed by atoms with E-state index in [9.17, 15) is 15.0 Å². The van der Waals surface area contributed by atoms with E-state index >= 15 is 0 Å². The van der Waals surface area contributed by atoms with Gasteiger partial charge in [-0.15, -0.1) is 0 Å². The Kier molecular flexibility index (Phi) is 6.53. The molecule has 0 radical (unpaired) electrons. The van der Waals surface area contributed by atoms with Crippen molar-refractivity contribution in [2.24, 2.45) is 5.41 Å². The molecule has 1 aromatic rings. The molecule has 4 heteroatoms. The molecule has 0 unspecified atom stereocenters. The zero-order valence-corrected chi connectivity index (χ0v) is 13.3. The first kappa shape index (κ1) is 17.3. The summed E-state index contributed by atoms with van der Waals surface area (Å²) < 4.78 is 0. The Balaban J connectivity index is 2.29. The van der Waals surface area contributed by atoms with E-state index in [2.05, 4.69) is 26.1 Å². The van der Waals surface area contributed by atoms with Gasteiger partial charge in [0.15, 0.2) is 11.5 Å². The predicted molar refractivity (Wildman–Crippen MR) is 84.4 cm³/mol. The Morgan fingerprint density at radius 1 is 1.19 bits per heavy atom. The van der Waals surface area contributed by atoms with Crippen LogP contribution in [0.4, 0.5) is 0 Å². The highest BCUT2D eigenvalue weighted by Gasteiger charge is 2.17. The van der Waals surface area contributed by atoms with Gasteiger partial charge in [0.25, 0.3) is 0 Å². The fourth-order valence-corrected chi connectivity index (χ4v) is 2.41.